The maximum absolute atomic E-state index is 10.00. The Morgan fingerprint density at radius 1 is 0.727 bits per heavy atom. The maximum atomic E-state index is 10.00. The molecule has 10 heteroatoms. The van der Waals surface area contributed by atoms with Gasteiger partial charge in [-0.2, -0.15) is 0 Å². The number of rotatable bonds is 18. The average molecular weight is 608 g/mol. The largest absolute Gasteiger partial charge is 0.437 e. The summed E-state index contributed by atoms with van der Waals surface area (Å²) in [5, 5.41) is 62.1. The molecular formula is C34H54B2N2O6. The van der Waals surface area contributed by atoms with Crippen molar-refractivity contribution in [1.82, 2.24) is 10.5 Å². The number of hydrogen-bond acceptors (Lipinski definition) is 8. The molecule has 8 nitrogen and oxygen atoms in total. The normalized spacial score (nSPS) is 13.7. The van der Waals surface area contributed by atoms with Gasteiger partial charge >= 0.3 is 14.1 Å². The third-order valence-electron chi connectivity index (χ3n) is 7.02. The van der Waals surface area contributed by atoms with E-state index in [2.05, 4.69) is 60.4 Å². The van der Waals surface area contributed by atoms with Crippen molar-refractivity contribution in [1.29, 1.82) is 0 Å². The Kier molecular flexibility index (Phi) is 21.5. The highest BCUT2D eigenvalue weighted by Gasteiger charge is 2.19. The Labute approximate surface area is 265 Å². The van der Waals surface area contributed by atoms with Crippen LogP contribution in [-0.4, -0.2) is 82.1 Å². The van der Waals surface area contributed by atoms with E-state index in [4.69, 9.17) is 0 Å². The molecule has 0 radical (unpaired) electrons. The molecule has 2 aromatic rings. The van der Waals surface area contributed by atoms with Crippen LogP contribution in [0.2, 0.25) is 13.6 Å². The van der Waals surface area contributed by atoms with Crippen LogP contribution in [-0.2, 0) is 12.8 Å². The van der Waals surface area contributed by atoms with E-state index >= 15 is 0 Å². The Morgan fingerprint density at radius 3 is 1.66 bits per heavy atom. The topological polar surface area (TPSA) is 145 Å². The summed E-state index contributed by atoms with van der Waals surface area (Å²) < 4.78 is 0. The first-order chi connectivity index (χ1) is 21.1. The van der Waals surface area contributed by atoms with Crippen molar-refractivity contribution in [2.45, 2.75) is 103 Å². The maximum Gasteiger partial charge on any atom is 0.374 e. The first-order valence-corrected chi connectivity index (χ1v) is 16.0. The molecule has 0 bridgehead atoms. The minimum absolute atomic E-state index is 0.243. The standard InChI is InChI=1S/C17H28BNO3.C17H26BNO3/c2*1-3-4-5-6-14-7-9-15(10-8-14)11-12-17(21)16(13-20)19-18(2)22/h7-12,16-17,19-22H,3-6,13H2,1-2H3;7-10,16-17,19-22H,3-6,13H2,1-2H3/b12-11+;/t2*16-,17+/m11/s1. The van der Waals surface area contributed by atoms with E-state index in [1.54, 1.807) is 12.9 Å². The van der Waals surface area contributed by atoms with E-state index in [9.17, 15) is 30.5 Å². The highest BCUT2D eigenvalue weighted by atomic mass is 16.3. The minimum atomic E-state index is -1.04. The van der Waals surface area contributed by atoms with Crippen LogP contribution in [0.1, 0.15) is 74.6 Å². The highest BCUT2D eigenvalue weighted by molar-refractivity contribution is 6.45. The Morgan fingerprint density at radius 2 is 1.20 bits per heavy atom. The van der Waals surface area contributed by atoms with Crippen molar-refractivity contribution in [2.24, 2.45) is 0 Å². The zero-order chi connectivity index (χ0) is 32.7. The van der Waals surface area contributed by atoms with Crippen LogP contribution in [0.15, 0.2) is 54.6 Å². The summed E-state index contributed by atoms with van der Waals surface area (Å²) in [6.45, 7) is 6.93. The van der Waals surface area contributed by atoms with Gasteiger partial charge < -0.3 is 40.9 Å². The molecular weight excluding hydrogens is 554 g/mol. The number of aliphatic hydroxyl groups is 4. The third-order valence-corrected chi connectivity index (χ3v) is 7.02. The number of nitrogens with one attached hydrogen (secondary N) is 2. The SMILES string of the molecule is CCCCCc1ccc(/C=C/[C@H](O)[C@@H](CO)NB(C)O)cc1.CCCCCc1ccc(C#C[C@H](O)[C@@H](CO)NB(C)O)cc1. The lowest BCUT2D eigenvalue weighted by Crippen LogP contribution is -2.48. The van der Waals surface area contributed by atoms with Gasteiger partial charge in [0.15, 0.2) is 0 Å². The second-order valence-corrected chi connectivity index (χ2v) is 11.2. The molecule has 0 spiro atoms. The minimum Gasteiger partial charge on any atom is -0.437 e. The van der Waals surface area contributed by atoms with Crippen molar-refractivity contribution in [3.05, 3.63) is 76.9 Å². The molecule has 0 aliphatic heterocycles. The van der Waals surface area contributed by atoms with Crippen LogP contribution in [0.25, 0.3) is 6.08 Å². The van der Waals surface area contributed by atoms with Crippen LogP contribution in [0, 0.1) is 11.8 Å². The molecule has 0 saturated heterocycles. The number of unbranched alkanes of at least 4 members (excludes halogenated alkanes) is 4. The zero-order valence-electron chi connectivity index (χ0n) is 27.0. The molecule has 2 aromatic carbocycles. The summed E-state index contributed by atoms with van der Waals surface area (Å²) in [6.07, 6.45) is 11.1. The van der Waals surface area contributed by atoms with Gasteiger partial charge in [-0.3, -0.25) is 0 Å². The summed E-state index contributed by atoms with van der Waals surface area (Å²) in [5.41, 5.74) is 4.46. The lowest BCUT2D eigenvalue weighted by Gasteiger charge is -2.20. The first-order valence-electron chi connectivity index (χ1n) is 16.0. The van der Waals surface area contributed by atoms with E-state index in [0.717, 1.165) is 24.0 Å². The zero-order valence-corrected chi connectivity index (χ0v) is 27.0. The Balaban J connectivity index is 0.000000440. The van der Waals surface area contributed by atoms with Crippen LogP contribution in [0.4, 0.5) is 0 Å². The van der Waals surface area contributed by atoms with Gasteiger partial charge in [0.05, 0.1) is 31.4 Å². The summed E-state index contributed by atoms with van der Waals surface area (Å²) in [4.78, 5) is 0. The lowest BCUT2D eigenvalue weighted by molar-refractivity contribution is 0.133. The molecule has 242 valence electrons. The van der Waals surface area contributed by atoms with Gasteiger partial charge in [-0.05, 0) is 68.2 Å². The van der Waals surface area contributed by atoms with Crippen molar-refractivity contribution >= 4 is 20.2 Å². The molecule has 0 aliphatic carbocycles. The Bertz CT molecular complexity index is 1090. The van der Waals surface area contributed by atoms with E-state index in [-0.39, 0.29) is 13.2 Å². The molecule has 0 saturated carbocycles. The fourth-order valence-electron chi connectivity index (χ4n) is 4.43. The van der Waals surface area contributed by atoms with Crippen molar-refractivity contribution in [2.75, 3.05) is 13.2 Å². The molecule has 0 aliphatic rings. The van der Waals surface area contributed by atoms with Crippen LogP contribution in [0.5, 0.6) is 0 Å². The predicted molar refractivity (Wildman–Crippen MR) is 183 cm³/mol. The van der Waals surface area contributed by atoms with E-state index in [0.29, 0.717) is 0 Å². The van der Waals surface area contributed by atoms with Gasteiger partial charge in [-0.1, -0.05) is 99.9 Å². The third kappa shape index (κ3) is 17.7. The molecule has 0 unspecified atom stereocenters. The fourth-order valence-corrected chi connectivity index (χ4v) is 4.43. The van der Waals surface area contributed by atoms with Gasteiger partial charge in [0.2, 0.25) is 0 Å². The smallest absolute Gasteiger partial charge is 0.374 e. The quantitative estimate of drug-likeness (QED) is 0.0733. The number of benzene rings is 2. The molecule has 8 N–H and O–H groups in total. The van der Waals surface area contributed by atoms with E-state index in [1.807, 2.05) is 30.3 Å². The van der Waals surface area contributed by atoms with Crippen LogP contribution >= 0.6 is 0 Å². The molecule has 0 heterocycles. The molecule has 44 heavy (non-hydrogen) atoms. The van der Waals surface area contributed by atoms with Crippen molar-refractivity contribution in [3.8, 4) is 11.8 Å². The molecule has 0 fully saturated rings. The molecule has 2 rings (SSSR count). The molecule has 0 amide bonds. The summed E-state index contributed by atoms with van der Waals surface area (Å²) in [6, 6.07) is 15.0. The summed E-state index contributed by atoms with van der Waals surface area (Å²) >= 11 is 0. The van der Waals surface area contributed by atoms with E-state index in [1.165, 1.54) is 56.5 Å². The monoisotopic (exact) mass is 608 g/mol. The van der Waals surface area contributed by atoms with Crippen molar-refractivity contribution < 1.29 is 30.5 Å². The van der Waals surface area contributed by atoms with Crippen LogP contribution in [0.3, 0.4) is 0 Å². The fraction of sp³-hybridized carbons (Fsp3) is 0.529. The molecule has 0 aromatic heterocycles. The van der Waals surface area contributed by atoms with Gasteiger partial charge in [0, 0.05) is 5.56 Å². The van der Waals surface area contributed by atoms with Crippen LogP contribution < -0.4 is 10.5 Å². The number of aliphatic hydroxyl groups excluding tert-OH is 4. The lowest BCUT2D eigenvalue weighted by atomic mass is 9.86. The summed E-state index contributed by atoms with van der Waals surface area (Å²) in [7, 11) is -1.58. The second-order valence-electron chi connectivity index (χ2n) is 11.2. The van der Waals surface area contributed by atoms with Gasteiger partial charge in [0.25, 0.3) is 0 Å². The van der Waals surface area contributed by atoms with E-state index < -0.39 is 38.4 Å². The number of aryl methyl sites for hydroxylation is 2. The van der Waals surface area contributed by atoms with Gasteiger partial charge in [-0.25, -0.2) is 0 Å². The predicted octanol–water partition coefficient (Wildman–Crippen LogP) is 3.05. The second kappa shape index (κ2) is 23.9. The summed E-state index contributed by atoms with van der Waals surface area (Å²) in [5.74, 6) is 5.59. The van der Waals surface area contributed by atoms with Gasteiger partial charge in [0.1, 0.15) is 6.10 Å². The highest BCUT2D eigenvalue weighted by Crippen LogP contribution is 2.11. The van der Waals surface area contributed by atoms with Gasteiger partial charge in [-0.15, -0.1) is 0 Å². The van der Waals surface area contributed by atoms with Crippen molar-refractivity contribution in [3.63, 3.8) is 0 Å². The number of hydrogen-bond donors (Lipinski definition) is 8. The Hall–Kier alpha value is -2.45. The average Bonchev–Trinajstić information content (AvgIpc) is 3.01. The molecule has 4 atom stereocenters. The first kappa shape index (κ1) is 39.6.